The monoisotopic (exact) mass is 397 g/mol. The number of carbonyl (C=O) groups is 2. The molecular weight excluding hydrogens is 382 g/mol. The number of rotatable bonds is 2. The number of carbonyl (C=O) groups excluding carboxylic acids is 2. The van der Waals surface area contributed by atoms with E-state index >= 15 is 0 Å². The lowest BCUT2D eigenvalue weighted by Crippen LogP contribution is -2.33. The molecule has 0 fully saturated rings. The van der Waals surface area contributed by atoms with Crippen LogP contribution in [0.3, 0.4) is 0 Å². The van der Waals surface area contributed by atoms with E-state index in [2.05, 4.69) is 20.9 Å². The van der Waals surface area contributed by atoms with E-state index in [0.717, 1.165) is 34.0 Å². The van der Waals surface area contributed by atoms with Crippen LogP contribution in [0.5, 0.6) is 0 Å². The van der Waals surface area contributed by atoms with Gasteiger partial charge in [-0.2, -0.15) is 0 Å². The van der Waals surface area contributed by atoms with E-state index in [4.69, 9.17) is 17.3 Å². The number of nitrogens with zero attached hydrogens (tertiary/aromatic N) is 1. The third kappa shape index (κ3) is 2.64. The van der Waals surface area contributed by atoms with E-state index in [-0.39, 0.29) is 11.8 Å². The van der Waals surface area contributed by atoms with Crippen molar-refractivity contribution in [1.82, 2.24) is 9.88 Å². The molecule has 1 aromatic carbocycles. The van der Waals surface area contributed by atoms with Gasteiger partial charge in [0.05, 0.1) is 16.1 Å². The molecule has 5 nitrogen and oxygen atoms in total. The van der Waals surface area contributed by atoms with Gasteiger partial charge in [-0.25, -0.2) is 0 Å². The predicted octanol–water partition coefficient (Wildman–Crippen LogP) is 2.88. The van der Waals surface area contributed by atoms with Gasteiger partial charge in [0.25, 0.3) is 5.91 Å². The second-order valence-electron chi connectivity index (χ2n) is 6.09. The van der Waals surface area contributed by atoms with Crippen LogP contribution < -0.4 is 5.73 Å². The van der Waals surface area contributed by atoms with Crippen LogP contribution in [-0.2, 0) is 17.6 Å². The zero-order valence-corrected chi connectivity index (χ0v) is 15.2. The van der Waals surface area contributed by atoms with Gasteiger partial charge in [0, 0.05) is 35.6 Å². The number of H-pyrrole nitrogens is 1. The lowest BCUT2D eigenvalue weighted by molar-refractivity contribution is -0.133. The minimum atomic E-state index is -0.524. The van der Waals surface area contributed by atoms with Crippen LogP contribution in [0.2, 0.25) is 5.02 Å². The summed E-state index contributed by atoms with van der Waals surface area (Å²) < 4.78 is 0.758. The topological polar surface area (TPSA) is 79.2 Å². The summed E-state index contributed by atoms with van der Waals surface area (Å²) >= 11 is 9.74. The Morgan fingerprint density at radius 1 is 1.43 bits per heavy atom. The Kier molecular flexibility index (Phi) is 4.14. The van der Waals surface area contributed by atoms with E-state index in [1.807, 2.05) is 0 Å². The lowest BCUT2D eigenvalue weighted by Gasteiger charge is -2.24. The first-order chi connectivity index (χ1) is 10.8. The molecule has 1 aliphatic rings. The summed E-state index contributed by atoms with van der Waals surface area (Å²) in [6.07, 6.45) is 2.17. The Morgan fingerprint density at radius 2 is 2.13 bits per heavy atom. The largest absolute Gasteiger partial charge is 0.366 e. The number of hydrogen-bond donors (Lipinski definition) is 2. The summed E-state index contributed by atoms with van der Waals surface area (Å²) in [7, 11) is 3.54. The average Bonchev–Trinajstić information content (AvgIpc) is 2.88. The van der Waals surface area contributed by atoms with Crippen molar-refractivity contribution in [3.63, 3.8) is 0 Å². The van der Waals surface area contributed by atoms with Gasteiger partial charge in [0.2, 0.25) is 5.91 Å². The number of aromatic nitrogens is 1. The summed E-state index contributed by atoms with van der Waals surface area (Å²) in [5.41, 5.74) is 8.64. The maximum absolute atomic E-state index is 12.2. The van der Waals surface area contributed by atoms with Crippen molar-refractivity contribution in [2.75, 3.05) is 14.1 Å². The fourth-order valence-electron chi connectivity index (χ4n) is 3.30. The van der Waals surface area contributed by atoms with E-state index in [1.54, 1.807) is 25.1 Å². The molecule has 1 atom stereocenters. The number of amides is 2. The maximum Gasteiger partial charge on any atom is 0.250 e. The highest BCUT2D eigenvalue weighted by atomic mass is 79.9. The molecule has 0 spiro atoms. The molecule has 3 N–H and O–H groups in total. The molecule has 1 unspecified atom stereocenters. The Morgan fingerprint density at radius 3 is 2.74 bits per heavy atom. The molecule has 23 heavy (non-hydrogen) atoms. The number of primary amides is 1. The number of aryl methyl sites for hydroxylation is 1. The highest BCUT2D eigenvalue weighted by Crippen LogP contribution is 2.40. The molecule has 0 radical (unpaired) electrons. The van der Waals surface area contributed by atoms with Gasteiger partial charge in [-0.3, -0.25) is 9.59 Å². The van der Waals surface area contributed by atoms with Crippen LogP contribution in [-0.4, -0.2) is 35.8 Å². The van der Waals surface area contributed by atoms with Crippen molar-refractivity contribution in [1.29, 1.82) is 0 Å². The summed E-state index contributed by atoms with van der Waals surface area (Å²) in [5, 5.41) is 1.36. The molecule has 0 saturated carbocycles. The van der Waals surface area contributed by atoms with Crippen molar-refractivity contribution in [3.05, 3.63) is 32.4 Å². The zero-order chi connectivity index (χ0) is 16.9. The molecule has 2 aromatic rings. The normalized spacial score (nSPS) is 17.1. The second-order valence-corrected chi connectivity index (χ2v) is 7.29. The minimum absolute atomic E-state index is 0.0446. The number of nitrogens with two attached hydrogens (primary N) is 1. The molecular formula is C16H17BrClN3O2. The van der Waals surface area contributed by atoms with Gasteiger partial charge in [-0.05, 0) is 46.8 Å². The predicted molar refractivity (Wildman–Crippen MR) is 93.7 cm³/mol. The number of halogens is 2. The first-order valence-corrected chi connectivity index (χ1v) is 8.50. The number of fused-ring (bicyclic) bond motifs is 3. The quantitative estimate of drug-likeness (QED) is 0.816. The van der Waals surface area contributed by atoms with Crippen LogP contribution in [0, 0.1) is 5.92 Å². The summed E-state index contributed by atoms with van der Waals surface area (Å²) in [6.45, 7) is 0. The fourth-order valence-corrected chi connectivity index (χ4v) is 4.06. The van der Waals surface area contributed by atoms with Crippen LogP contribution in [0.1, 0.15) is 28.0 Å². The number of nitrogens with one attached hydrogen (secondary N) is 1. The molecule has 2 amide bonds. The third-order valence-electron chi connectivity index (χ3n) is 4.41. The Labute approximate surface area is 147 Å². The molecule has 0 saturated heterocycles. The summed E-state index contributed by atoms with van der Waals surface area (Å²) in [5.74, 6) is -0.442. The molecule has 0 aliphatic heterocycles. The first-order valence-electron chi connectivity index (χ1n) is 7.33. The second kappa shape index (κ2) is 5.83. The average molecular weight is 399 g/mol. The highest BCUT2D eigenvalue weighted by Gasteiger charge is 2.30. The SMILES string of the molecule is CN(C)C(=O)C1CCc2c([nH]c3c(C(N)=O)cc(Cl)c(Br)c23)C1. The molecule has 7 heteroatoms. The summed E-state index contributed by atoms with van der Waals surface area (Å²) in [4.78, 5) is 28.9. The molecule has 1 aromatic heterocycles. The van der Waals surface area contributed by atoms with Gasteiger partial charge in [-0.1, -0.05) is 11.6 Å². The Balaban J connectivity index is 2.15. The van der Waals surface area contributed by atoms with Crippen molar-refractivity contribution < 1.29 is 9.59 Å². The number of benzene rings is 1. The van der Waals surface area contributed by atoms with Crippen LogP contribution >= 0.6 is 27.5 Å². The van der Waals surface area contributed by atoms with Crippen LogP contribution in [0.25, 0.3) is 10.9 Å². The maximum atomic E-state index is 12.2. The number of hydrogen-bond acceptors (Lipinski definition) is 2. The molecule has 1 heterocycles. The summed E-state index contributed by atoms with van der Waals surface area (Å²) in [6, 6.07) is 1.57. The van der Waals surface area contributed by atoms with Gasteiger partial charge >= 0.3 is 0 Å². The van der Waals surface area contributed by atoms with Gasteiger partial charge in [-0.15, -0.1) is 0 Å². The van der Waals surface area contributed by atoms with E-state index in [1.165, 1.54) is 0 Å². The van der Waals surface area contributed by atoms with E-state index in [9.17, 15) is 9.59 Å². The van der Waals surface area contributed by atoms with Gasteiger partial charge < -0.3 is 15.6 Å². The minimum Gasteiger partial charge on any atom is -0.366 e. The molecule has 122 valence electrons. The standard InChI is InChI=1S/C16H17BrClN3O2/c1-21(2)16(23)7-3-4-8-11(5-7)20-14-9(15(19)22)6-10(18)13(17)12(8)14/h6-7,20H,3-5H2,1-2H3,(H2,19,22). The van der Waals surface area contributed by atoms with Crippen molar-refractivity contribution in [2.45, 2.75) is 19.3 Å². The van der Waals surface area contributed by atoms with Crippen molar-refractivity contribution >= 4 is 50.2 Å². The van der Waals surface area contributed by atoms with Crippen molar-refractivity contribution in [3.8, 4) is 0 Å². The van der Waals surface area contributed by atoms with E-state index < -0.39 is 5.91 Å². The smallest absolute Gasteiger partial charge is 0.250 e. The Bertz CT molecular complexity index is 829. The molecule has 1 aliphatic carbocycles. The fraction of sp³-hybridized carbons (Fsp3) is 0.375. The third-order valence-corrected chi connectivity index (χ3v) is 5.76. The van der Waals surface area contributed by atoms with Gasteiger partial charge in [0.1, 0.15) is 0 Å². The van der Waals surface area contributed by atoms with Gasteiger partial charge in [0.15, 0.2) is 0 Å². The highest BCUT2D eigenvalue weighted by molar-refractivity contribution is 9.10. The Hall–Kier alpha value is -1.53. The number of aromatic amines is 1. The zero-order valence-electron chi connectivity index (χ0n) is 12.9. The van der Waals surface area contributed by atoms with Crippen LogP contribution in [0.15, 0.2) is 10.5 Å². The molecule has 0 bridgehead atoms. The van der Waals surface area contributed by atoms with E-state index in [0.29, 0.717) is 22.5 Å². The molecule has 3 rings (SSSR count). The van der Waals surface area contributed by atoms with Crippen LogP contribution in [0.4, 0.5) is 0 Å². The first kappa shape index (κ1) is 16.3. The van der Waals surface area contributed by atoms with Crippen molar-refractivity contribution in [2.24, 2.45) is 11.7 Å². The lowest BCUT2D eigenvalue weighted by atomic mass is 9.86.